The van der Waals surface area contributed by atoms with Crippen LogP contribution >= 0.6 is 11.8 Å². The molecule has 2 heterocycles. The van der Waals surface area contributed by atoms with E-state index in [0.717, 1.165) is 5.17 Å². The molecule has 86 valence electrons. The Balaban J connectivity index is 2.03. The molecule has 1 fully saturated rings. The third-order valence-electron chi connectivity index (χ3n) is 2.67. The fourth-order valence-corrected chi connectivity index (χ4v) is 2.95. The van der Waals surface area contributed by atoms with E-state index in [1.165, 1.54) is 11.8 Å². The number of aliphatic hydroxyl groups is 2. The van der Waals surface area contributed by atoms with Gasteiger partial charge in [0.2, 0.25) is 0 Å². The van der Waals surface area contributed by atoms with Crippen LogP contribution in [0.2, 0.25) is 0 Å². The number of nitrogens with zero attached hydrogens (tertiary/aromatic N) is 1. The molecule has 3 N–H and O–H groups in total. The first-order valence-electron chi connectivity index (χ1n) is 5.05. The van der Waals surface area contributed by atoms with Gasteiger partial charge in [-0.1, -0.05) is 11.8 Å². The first-order valence-corrected chi connectivity index (χ1v) is 5.93. The van der Waals surface area contributed by atoms with E-state index in [4.69, 9.17) is 4.74 Å². The minimum absolute atomic E-state index is 0.00227. The molecule has 0 spiro atoms. The van der Waals surface area contributed by atoms with Crippen LogP contribution in [0.5, 0.6) is 0 Å². The van der Waals surface area contributed by atoms with Crippen molar-refractivity contribution in [3.8, 4) is 0 Å². The molecule has 0 aliphatic carbocycles. The Bertz CT molecular complexity index is 272. The molecular formula is C9H16N2O3S. The van der Waals surface area contributed by atoms with Crippen molar-refractivity contribution in [2.75, 3.05) is 7.05 Å². The fourth-order valence-electron chi connectivity index (χ4n) is 1.90. The van der Waals surface area contributed by atoms with E-state index >= 15 is 0 Å². The molecule has 0 aromatic heterocycles. The first-order chi connectivity index (χ1) is 7.11. The second-order valence-electron chi connectivity index (χ2n) is 3.88. The Morgan fingerprint density at radius 1 is 1.67 bits per heavy atom. The van der Waals surface area contributed by atoms with Crippen molar-refractivity contribution in [2.45, 2.75) is 43.1 Å². The lowest BCUT2D eigenvalue weighted by molar-refractivity contribution is -0.136. The predicted molar refractivity (Wildman–Crippen MR) is 58.8 cm³/mol. The molecule has 5 nitrogen and oxygen atoms in total. The highest BCUT2D eigenvalue weighted by atomic mass is 32.2. The summed E-state index contributed by atoms with van der Waals surface area (Å²) in [5, 5.41) is 23.0. The van der Waals surface area contributed by atoms with Gasteiger partial charge >= 0.3 is 0 Å². The number of rotatable bonds is 1. The molecule has 0 unspecified atom stereocenters. The maximum atomic E-state index is 9.76. The van der Waals surface area contributed by atoms with Crippen molar-refractivity contribution in [1.82, 2.24) is 5.32 Å². The van der Waals surface area contributed by atoms with E-state index in [9.17, 15) is 10.2 Å². The van der Waals surface area contributed by atoms with Crippen molar-refractivity contribution < 1.29 is 14.9 Å². The first kappa shape index (κ1) is 11.2. The highest BCUT2D eigenvalue weighted by molar-refractivity contribution is 8.14. The minimum Gasteiger partial charge on any atom is -0.391 e. The number of hydrogen-bond donors (Lipinski definition) is 3. The molecule has 2 aliphatic rings. The number of aliphatic hydroxyl groups excluding tert-OH is 2. The summed E-state index contributed by atoms with van der Waals surface area (Å²) in [6.45, 7) is 1.63. The van der Waals surface area contributed by atoms with Crippen molar-refractivity contribution >= 4 is 16.9 Å². The summed E-state index contributed by atoms with van der Waals surface area (Å²) < 4.78 is 5.62. The minimum atomic E-state index is -0.653. The van der Waals surface area contributed by atoms with Crippen LogP contribution in [-0.4, -0.2) is 52.2 Å². The van der Waals surface area contributed by atoms with Gasteiger partial charge in [-0.25, -0.2) is 0 Å². The SMILES string of the molecule is CNC1=N[C@@H]2C[C@H](O)[C@@H]([C@H](C)O)O[C@@H]2S1. The zero-order valence-electron chi connectivity index (χ0n) is 8.75. The van der Waals surface area contributed by atoms with Crippen molar-refractivity contribution in [3.05, 3.63) is 0 Å². The topological polar surface area (TPSA) is 74.1 Å². The summed E-state index contributed by atoms with van der Waals surface area (Å²) in [5.41, 5.74) is -0.0737. The predicted octanol–water partition coefficient (Wildman–Crippen LogP) is -0.466. The third-order valence-corrected chi connectivity index (χ3v) is 3.86. The molecule has 0 aromatic rings. The van der Waals surface area contributed by atoms with Gasteiger partial charge in [0, 0.05) is 13.5 Å². The molecule has 2 rings (SSSR count). The molecule has 1 saturated heterocycles. The molecular weight excluding hydrogens is 216 g/mol. The summed E-state index contributed by atoms with van der Waals surface area (Å²) in [4.78, 5) is 4.37. The molecule has 6 heteroatoms. The van der Waals surface area contributed by atoms with Crippen molar-refractivity contribution in [2.24, 2.45) is 4.99 Å². The summed E-state index contributed by atoms with van der Waals surface area (Å²) in [7, 11) is 1.81. The maximum absolute atomic E-state index is 9.76. The monoisotopic (exact) mass is 232 g/mol. The highest BCUT2D eigenvalue weighted by Gasteiger charge is 2.43. The highest BCUT2D eigenvalue weighted by Crippen LogP contribution is 2.36. The molecule has 15 heavy (non-hydrogen) atoms. The third kappa shape index (κ3) is 2.13. The number of aliphatic imine (C=N–C) groups is 1. The van der Waals surface area contributed by atoms with Gasteiger partial charge in [-0.05, 0) is 6.92 Å². The Labute approximate surface area is 92.9 Å². The smallest absolute Gasteiger partial charge is 0.159 e. The number of fused-ring (bicyclic) bond motifs is 1. The van der Waals surface area contributed by atoms with E-state index in [0.29, 0.717) is 6.42 Å². The second-order valence-corrected chi connectivity index (χ2v) is 4.97. The number of thioether (sulfide) groups is 1. The maximum Gasteiger partial charge on any atom is 0.159 e. The number of hydrogen-bond acceptors (Lipinski definition) is 6. The molecule has 0 bridgehead atoms. The molecule has 0 radical (unpaired) electrons. The molecule has 0 aromatic carbocycles. The lowest BCUT2D eigenvalue weighted by Crippen LogP contribution is -2.48. The summed E-state index contributed by atoms with van der Waals surface area (Å²) in [5.74, 6) is 0. The molecule has 2 aliphatic heterocycles. The van der Waals surface area contributed by atoms with Crippen LogP contribution in [-0.2, 0) is 4.74 Å². The van der Waals surface area contributed by atoms with Gasteiger partial charge in [-0.15, -0.1) is 0 Å². The van der Waals surface area contributed by atoms with Crippen LogP contribution in [0.4, 0.5) is 0 Å². The van der Waals surface area contributed by atoms with Gasteiger partial charge in [-0.2, -0.15) is 0 Å². The van der Waals surface area contributed by atoms with E-state index in [2.05, 4.69) is 10.3 Å². The zero-order chi connectivity index (χ0) is 11.0. The lowest BCUT2D eigenvalue weighted by atomic mass is 9.99. The van der Waals surface area contributed by atoms with Gasteiger partial charge < -0.3 is 20.3 Å². The Morgan fingerprint density at radius 3 is 3.00 bits per heavy atom. The number of amidine groups is 1. The Hall–Kier alpha value is -0.300. The van der Waals surface area contributed by atoms with Gasteiger partial charge in [-0.3, -0.25) is 4.99 Å². The van der Waals surface area contributed by atoms with Crippen LogP contribution in [0.1, 0.15) is 13.3 Å². The quantitative estimate of drug-likeness (QED) is 0.570. The Morgan fingerprint density at radius 2 is 2.40 bits per heavy atom. The summed E-state index contributed by atoms with van der Waals surface area (Å²) in [6, 6.07) is 0.00227. The zero-order valence-corrected chi connectivity index (χ0v) is 9.57. The molecule has 0 saturated carbocycles. The van der Waals surface area contributed by atoms with Crippen LogP contribution in [0.3, 0.4) is 0 Å². The average molecular weight is 232 g/mol. The average Bonchev–Trinajstić information content (AvgIpc) is 2.58. The summed E-state index contributed by atoms with van der Waals surface area (Å²) in [6.07, 6.45) is -1.23. The van der Waals surface area contributed by atoms with Crippen LogP contribution in [0.15, 0.2) is 4.99 Å². The van der Waals surface area contributed by atoms with Gasteiger partial charge in [0.25, 0.3) is 0 Å². The van der Waals surface area contributed by atoms with Gasteiger partial charge in [0.05, 0.1) is 18.2 Å². The van der Waals surface area contributed by atoms with E-state index in [1.807, 2.05) is 7.05 Å². The van der Waals surface area contributed by atoms with E-state index < -0.39 is 18.3 Å². The lowest BCUT2D eigenvalue weighted by Gasteiger charge is -2.35. The summed E-state index contributed by atoms with van der Waals surface area (Å²) >= 11 is 1.51. The van der Waals surface area contributed by atoms with E-state index in [-0.39, 0.29) is 11.5 Å². The van der Waals surface area contributed by atoms with Crippen molar-refractivity contribution in [1.29, 1.82) is 0 Å². The number of ether oxygens (including phenoxy) is 1. The second kappa shape index (κ2) is 4.29. The normalized spacial score (nSPS) is 42.0. The van der Waals surface area contributed by atoms with E-state index in [1.54, 1.807) is 6.92 Å². The Kier molecular flexibility index (Phi) is 3.20. The van der Waals surface area contributed by atoms with Crippen LogP contribution in [0, 0.1) is 0 Å². The van der Waals surface area contributed by atoms with Gasteiger partial charge in [0.15, 0.2) is 5.17 Å². The standard InChI is InChI=1S/C9H16N2O3S/c1-4(12)7-6(13)3-5-8(14-7)15-9(10-2)11-5/h4-8,12-13H,3H2,1-2H3,(H,10,11)/t4-,5+,6-,7+,8+/m0/s1. The fraction of sp³-hybridized carbons (Fsp3) is 0.889. The largest absolute Gasteiger partial charge is 0.391 e. The van der Waals surface area contributed by atoms with Crippen LogP contribution in [0.25, 0.3) is 0 Å². The van der Waals surface area contributed by atoms with Gasteiger partial charge in [0.1, 0.15) is 11.5 Å². The molecule has 0 amide bonds. The number of nitrogens with one attached hydrogen (secondary N) is 1. The van der Waals surface area contributed by atoms with Crippen molar-refractivity contribution in [3.63, 3.8) is 0 Å². The molecule has 5 atom stereocenters. The van der Waals surface area contributed by atoms with Crippen LogP contribution < -0.4 is 5.32 Å².